The Morgan fingerprint density at radius 2 is 1.72 bits per heavy atom. The average Bonchev–Trinajstić information content (AvgIpc) is 3.24. The number of rotatable bonds is 7. The first-order valence-electron chi connectivity index (χ1n) is 9.31. The van der Waals surface area contributed by atoms with Gasteiger partial charge in [0.15, 0.2) is 0 Å². The SMILES string of the molecule is Cc1cccc(CN(C)[C@H](C)C(=O)Nc2ccc(NC(=O)c3cccs3)cc2)n1. The number of carbonyl (C=O) groups is 2. The predicted molar refractivity (Wildman–Crippen MR) is 117 cm³/mol. The van der Waals surface area contributed by atoms with Crippen molar-refractivity contribution in [3.63, 3.8) is 0 Å². The third kappa shape index (κ3) is 5.73. The molecular formula is C22H24N4O2S. The number of carbonyl (C=O) groups excluding carboxylic acids is 2. The number of benzene rings is 1. The van der Waals surface area contributed by atoms with Crippen molar-refractivity contribution >= 4 is 34.5 Å². The van der Waals surface area contributed by atoms with Crippen molar-refractivity contribution < 1.29 is 9.59 Å². The highest BCUT2D eigenvalue weighted by Gasteiger charge is 2.19. The second kappa shape index (κ2) is 9.45. The van der Waals surface area contributed by atoms with E-state index >= 15 is 0 Å². The van der Waals surface area contributed by atoms with E-state index in [0.717, 1.165) is 11.4 Å². The summed E-state index contributed by atoms with van der Waals surface area (Å²) in [5.74, 6) is -0.243. The number of hydrogen-bond donors (Lipinski definition) is 2. The maximum atomic E-state index is 12.6. The van der Waals surface area contributed by atoms with Crippen LogP contribution in [-0.4, -0.2) is 34.8 Å². The predicted octanol–water partition coefficient (Wildman–Crippen LogP) is 4.16. The van der Waals surface area contributed by atoms with Crippen LogP contribution < -0.4 is 10.6 Å². The minimum atomic E-state index is -0.324. The highest BCUT2D eigenvalue weighted by atomic mass is 32.1. The van der Waals surface area contributed by atoms with Crippen molar-refractivity contribution in [1.29, 1.82) is 0 Å². The molecule has 7 heteroatoms. The van der Waals surface area contributed by atoms with Crippen LogP contribution in [0.25, 0.3) is 0 Å². The van der Waals surface area contributed by atoms with Crippen LogP contribution in [0.5, 0.6) is 0 Å². The number of aryl methyl sites for hydroxylation is 1. The molecule has 0 aliphatic carbocycles. The molecule has 2 N–H and O–H groups in total. The highest BCUT2D eigenvalue weighted by molar-refractivity contribution is 7.12. The average molecular weight is 409 g/mol. The number of thiophene rings is 1. The van der Waals surface area contributed by atoms with Gasteiger partial charge in [0.2, 0.25) is 5.91 Å². The number of pyridine rings is 1. The molecule has 0 saturated carbocycles. The van der Waals surface area contributed by atoms with E-state index in [4.69, 9.17) is 0 Å². The molecule has 2 amide bonds. The number of anilines is 2. The fourth-order valence-corrected chi connectivity index (χ4v) is 3.38. The zero-order chi connectivity index (χ0) is 20.8. The van der Waals surface area contributed by atoms with Gasteiger partial charge in [0.1, 0.15) is 0 Å². The van der Waals surface area contributed by atoms with Gasteiger partial charge in [0.25, 0.3) is 5.91 Å². The van der Waals surface area contributed by atoms with Gasteiger partial charge < -0.3 is 10.6 Å². The highest BCUT2D eigenvalue weighted by Crippen LogP contribution is 2.17. The van der Waals surface area contributed by atoms with Gasteiger partial charge in [-0.2, -0.15) is 0 Å². The summed E-state index contributed by atoms with van der Waals surface area (Å²) in [5, 5.41) is 7.62. The molecule has 0 saturated heterocycles. The van der Waals surface area contributed by atoms with Gasteiger partial charge >= 0.3 is 0 Å². The fraction of sp³-hybridized carbons (Fsp3) is 0.227. The lowest BCUT2D eigenvalue weighted by Crippen LogP contribution is -2.39. The van der Waals surface area contributed by atoms with Crippen LogP contribution in [0.2, 0.25) is 0 Å². The second-order valence-corrected chi connectivity index (χ2v) is 7.81. The lowest BCUT2D eigenvalue weighted by molar-refractivity contribution is -0.120. The largest absolute Gasteiger partial charge is 0.325 e. The molecule has 150 valence electrons. The number of nitrogens with zero attached hydrogens (tertiary/aromatic N) is 2. The molecule has 1 aromatic carbocycles. The van der Waals surface area contributed by atoms with Crippen LogP contribution in [-0.2, 0) is 11.3 Å². The van der Waals surface area contributed by atoms with Crippen LogP contribution >= 0.6 is 11.3 Å². The Hall–Kier alpha value is -3.03. The molecule has 2 heterocycles. The van der Waals surface area contributed by atoms with Gasteiger partial charge in [-0.05, 0) is 68.7 Å². The van der Waals surface area contributed by atoms with Crippen molar-refractivity contribution in [1.82, 2.24) is 9.88 Å². The summed E-state index contributed by atoms with van der Waals surface area (Å²) in [7, 11) is 1.90. The second-order valence-electron chi connectivity index (χ2n) is 6.86. The minimum Gasteiger partial charge on any atom is -0.325 e. The van der Waals surface area contributed by atoms with E-state index in [2.05, 4.69) is 15.6 Å². The summed E-state index contributed by atoms with van der Waals surface area (Å²) >= 11 is 1.39. The van der Waals surface area contributed by atoms with E-state index in [9.17, 15) is 9.59 Å². The molecule has 3 rings (SSSR count). The van der Waals surface area contributed by atoms with Crippen molar-refractivity contribution in [2.45, 2.75) is 26.4 Å². The summed E-state index contributed by atoms with van der Waals surface area (Å²) in [5.41, 5.74) is 3.24. The monoisotopic (exact) mass is 408 g/mol. The Bertz CT molecular complexity index is 971. The summed E-state index contributed by atoms with van der Waals surface area (Å²) in [4.78, 5) is 31.8. The summed E-state index contributed by atoms with van der Waals surface area (Å²) in [6, 6.07) is 16.3. The number of aromatic nitrogens is 1. The van der Waals surface area contributed by atoms with Crippen LogP contribution in [0.4, 0.5) is 11.4 Å². The van der Waals surface area contributed by atoms with Crippen LogP contribution in [0.15, 0.2) is 60.0 Å². The molecule has 0 spiro atoms. The topological polar surface area (TPSA) is 74.3 Å². The molecular weight excluding hydrogens is 384 g/mol. The van der Waals surface area contributed by atoms with Crippen molar-refractivity contribution in [3.05, 3.63) is 76.2 Å². The van der Waals surface area contributed by atoms with E-state index in [-0.39, 0.29) is 17.9 Å². The first kappa shape index (κ1) is 20.7. The van der Waals surface area contributed by atoms with Gasteiger partial charge in [-0.25, -0.2) is 0 Å². The van der Waals surface area contributed by atoms with Gasteiger partial charge in [0, 0.05) is 23.6 Å². The van der Waals surface area contributed by atoms with E-state index in [0.29, 0.717) is 22.8 Å². The van der Waals surface area contributed by atoms with Crippen LogP contribution in [0.3, 0.4) is 0 Å². The molecule has 0 bridgehead atoms. The smallest absolute Gasteiger partial charge is 0.265 e. The first-order chi connectivity index (χ1) is 13.9. The third-order valence-electron chi connectivity index (χ3n) is 4.55. The molecule has 0 radical (unpaired) electrons. The Labute approximate surface area is 174 Å². The van der Waals surface area contributed by atoms with Gasteiger partial charge in [-0.1, -0.05) is 12.1 Å². The van der Waals surface area contributed by atoms with Crippen molar-refractivity contribution in [2.75, 3.05) is 17.7 Å². The van der Waals surface area contributed by atoms with Gasteiger partial charge in [-0.15, -0.1) is 11.3 Å². The minimum absolute atomic E-state index is 0.101. The number of hydrogen-bond acceptors (Lipinski definition) is 5. The molecule has 6 nitrogen and oxygen atoms in total. The Morgan fingerprint density at radius 1 is 1.03 bits per heavy atom. The Morgan fingerprint density at radius 3 is 2.34 bits per heavy atom. The molecule has 0 aliphatic rings. The maximum absolute atomic E-state index is 12.6. The van der Waals surface area contributed by atoms with Crippen molar-refractivity contribution in [2.24, 2.45) is 0 Å². The normalized spacial score (nSPS) is 11.9. The number of nitrogens with one attached hydrogen (secondary N) is 2. The zero-order valence-corrected chi connectivity index (χ0v) is 17.5. The lowest BCUT2D eigenvalue weighted by Gasteiger charge is -2.23. The van der Waals surface area contributed by atoms with E-state index in [1.807, 2.05) is 55.4 Å². The molecule has 3 aromatic rings. The lowest BCUT2D eigenvalue weighted by atomic mass is 10.2. The van der Waals surface area contributed by atoms with Gasteiger partial charge in [0.05, 0.1) is 16.6 Å². The Balaban J connectivity index is 1.54. The standard InChI is InChI=1S/C22H24N4O2S/c1-15-6-4-7-19(23-15)14-26(3)16(2)21(27)24-17-9-11-18(12-10-17)25-22(28)20-8-5-13-29-20/h4-13,16H,14H2,1-3H3,(H,24,27)(H,25,28)/t16-/m1/s1. The van der Waals surface area contributed by atoms with E-state index in [1.165, 1.54) is 11.3 Å². The molecule has 0 fully saturated rings. The van der Waals surface area contributed by atoms with E-state index < -0.39 is 0 Å². The molecule has 2 aromatic heterocycles. The number of likely N-dealkylation sites (N-methyl/N-ethyl adjacent to an activating group) is 1. The molecule has 0 unspecified atom stereocenters. The first-order valence-corrected chi connectivity index (χ1v) is 10.2. The number of amides is 2. The quantitative estimate of drug-likeness (QED) is 0.616. The van der Waals surface area contributed by atoms with Crippen molar-refractivity contribution in [3.8, 4) is 0 Å². The van der Waals surface area contributed by atoms with Crippen LogP contribution in [0.1, 0.15) is 28.0 Å². The fourth-order valence-electron chi connectivity index (χ4n) is 2.76. The third-order valence-corrected chi connectivity index (χ3v) is 5.42. The molecule has 0 aliphatic heterocycles. The Kier molecular flexibility index (Phi) is 6.74. The van der Waals surface area contributed by atoms with Crippen LogP contribution in [0, 0.1) is 6.92 Å². The summed E-state index contributed by atoms with van der Waals surface area (Å²) in [6.07, 6.45) is 0. The zero-order valence-electron chi connectivity index (χ0n) is 16.7. The molecule has 29 heavy (non-hydrogen) atoms. The summed E-state index contributed by atoms with van der Waals surface area (Å²) < 4.78 is 0. The van der Waals surface area contributed by atoms with Gasteiger partial charge in [-0.3, -0.25) is 19.5 Å². The molecule has 1 atom stereocenters. The summed E-state index contributed by atoms with van der Waals surface area (Å²) in [6.45, 7) is 4.40. The van der Waals surface area contributed by atoms with E-state index in [1.54, 1.807) is 30.3 Å². The maximum Gasteiger partial charge on any atom is 0.265 e.